The van der Waals surface area contributed by atoms with E-state index in [9.17, 15) is 0 Å². The molecule has 1 fully saturated rings. The third-order valence-electron chi connectivity index (χ3n) is 2.81. The first-order chi connectivity index (χ1) is 5.55. The Bertz CT molecular complexity index is 101. The molecule has 0 bridgehead atoms. The summed E-state index contributed by atoms with van der Waals surface area (Å²) in [5.41, 5.74) is 0. The van der Waals surface area contributed by atoms with Crippen LogP contribution >= 0.6 is 24.8 Å². The van der Waals surface area contributed by atoms with Crippen molar-refractivity contribution in [2.45, 2.75) is 34.6 Å². The fourth-order valence-electron chi connectivity index (χ4n) is 1.41. The standard InChI is InChI=1S/C10H15.2ClH.O.V/c1-6-7(2)9(4)10(5)8(6)3;;;;/h1-5H3;2*1H;;. The molecule has 1 rings (SSSR count). The quantitative estimate of drug-likeness (QED) is 0.659. The van der Waals surface area contributed by atoms with Crippen molar-refractivity contribution >= 4 is 24.8 Å². The Balaban J connectivity index is -0.000000284. The summed E-state index contributed by atoms with van der Waals surface area (Å²) in [7, 11) is 0. The van der Waals surface area contributed by atoms with Gasteiger partial charge in [-0.1, -0.05) is 34.6 Å². The van der Waals surface area contributed by atoms with Crippen LogP contribution in [0.5, 0.6) is 0 Å². The minimum absolute atomic E-state index is 0. The van der Waals surface area contributed by atoms with Gasteiger partial charge < -0.3 is 0 Å². The van der Waals surface area contributed by atoms with Crippen molar-refractivity contribution in [3.8, 4) is 0 Å². The molecule has 0 spiro atoms. The average molecular weight is 275 g/mol. The van der Waals surface area contributed by atoms with Gasteiger partial charge in [0.2, 0.25) is 0 Å². The molecule has 0 heterocycles. The fourth-order valence-corrected chi connectivity index (χ4v) is 1.41. The summed E-state index contributed by atoms with van der Waals surface area (Å²) in [6, 6.07) is 0. The third kappa shape index (κ3) is 4.22. The fraction of sp³-hybridized carbons (Fsp3) is 0.500. The predicted molar refractivity (Wildman–Crippen MR) is 59.8 cm³/mol. The zero-order chi connectivity index (χ0) is 9.89. The molecular formula is C10H17Cl2OV. The second-order valence-electron chi connectivity index (χ2n) is 3.12. The van der Waals surface area contributed by atoms with E-state index in [-0.39, 0.29) is 24.8 Å². The molecule has 0 amide bonds. The molecule has 0 aromatic carbocycles. The zero-order valence-corrected chi connectivity index (χ0v) is 12.2. The summed E-state index contributed by atoms with van der Waals surface area (Å²) < 4.78 is 8.19. The van der Waals surface area contributed by atoms with Crippen molar-refractivity contribution in [1.82, 2.24) is 0 Å². The van der Waals surface area contributed by atoms with Crippen molar-refractivity contribution in [2.75, 3.05) is 0 Å². The molecule has 0 aromatic rings. The number of halogens is 2. The van der Waals surface area contributed by atoms with Gasteiger partial charge in [0.15, 0.2) is 0 Å². The molecule has 1 saturated carbocycles. The molecule has 0 unspecified atom stereocenters. The van der Waals surface area contributed by atoms with Crippen molar-refractivity contribution < 1.29 is 21.0 Å². The summed E-state index contributed by atoms with van der Waals surface area (Å²) in [5.74, 6) is 7.34. The van der Waals surface area contributed by atoms with Crippen molar-refractivity contribution in [2.24, 2.45) is 0 Å². The second kappa shape index (κ2) is 9.21. The van der Waals surface area contributed by atoms with Crippen LogP contribution in [-0.4, -0.2) is 0 Å². The Kier molecular flexibility index (Phi) is 13.4. The molecule has 0 saturated heterocycles. The molecule has 14 heavy (non-hydrogen) atoms. The molecule has 4 heteroatoms. The molecule has 0 aromatic heterocycles. The summed E-state index contributed by atoms with van der Waals surface area (Å²) in [6.07, 6.45) is 0. The third-order valence-corrected chi connectivity index (χ3v) is 2.81. The van der Waals surface area contributed by atoms with Crippen LogP contribution < -0.4 is 0 Å². The Labute approximate surface area is 110 Å². The van der Waals surface area contributed by atoms with Gasteiger partial charge in [-0.25, -0.2) is 0 Å². The van der Waals surface area contributed by atoms with Gasteiger partial charge in [0, 0.05) is 0 Å². The van der Waals surface area contributed by atoms with Crippen LogP contribution in [0.2, 0.25) is 0 Å². The SMILES string of the molecule is C[C]1[C](C)[C](C)[C](C)[C]1C.Cl.Cl.[O]=[V]. The van der Waals surface area contributed by atoms with E-state index in [2.05, 4.69) is 34.6 Å². The van der Waals surface area contributed by atoms with Gasteiger partial charge in [0.1, 0.15) is 0 Å². The Morgan fingerprint density at radius 1 is 0.571 bits per heavy atom. The number of hydrogen-bond acceptors (Lipinski definition) is 1. The van der Waals surface area contributed by atoms with E-state index in [1.54, 1.807) is 0 Å². The van der Waals surface area contributed by atoms with Gasteiger partial charge in [0.05, 0.1) is 0 Å². The maximum atomic E-state index is 8.19. The van der Waals surface area contributed by atoms with Gasteiger partial charge in [0.25, 0.3) is 0 Å². The van der Waals surface area contributed by atoms with Crippen LogP contribution in [0.3, 0.4) is 0 Å². The van der Waals surface area contributed by atoms with E-state index in [1.165, 1.54) is 29.6 Å². The van der Waals surface area contributed by atoms with Crippen LogP contribution in [0.15, 0.2) is 0 Å². The van der Waals surface area contributed by atoms with E-state index < -0.39 is 0 Å². The van der Waals surface area contributed by atoms with E-state index in [0.717, 1.165) is 17.4 Å². The number of rotatable bonds is 0. The van der Waals surface area contributed by atoms with Crippen LogP contribution in [0.4, 0.5) is 0 Å². The van der Waals surface area contributed by atoms with E-state index in [1.807, 2.05) is 0 Å². The summed E-state index contributed by atoms with van der Waals surface area (Å²) in [4.78, 5) is 0. The normalized spacial score (nSPS) is 20.6. The second-order valence-corrected chi connectivity index (χ2v) is 3.12. The summed E-state index contributed by atoms with van der Waals surface area (Å²) in [5, 5.41) is 0. The topological polar surface area (TPSA) is 17.1 Å². The van der Waals surface area contributed by atoms with E-state index >= 15 is 0 Å². The van der Waals surface area contributed by atoms with Crippen molar-refractivity contribution in [3.05, 3.63) is 29.6 Å². The molecule has 1 nitrogen and oxygen atoms in total. The van der Waals surface area contributed by atoms with Crippen LogP contribution in [0.25, 0.3) is 0 Å². The van der Waals surface area contributed by atoms with Crippen molar-refractivity contribution in [3.63, 3.8) is 0 Å². The van der Waals surface area contributed by atoms with E-state index in [0.29, 0.717) is 0 Å². The molecule has 5 radical (unpaired) electrons. The Hall–Kier alpha value is 0.964. The molecule has 0 atom stereocenters. The first kappa shape index (κ1) is 20.4. The predicted octanol–water partition coefficient (Wildman–Crippen LogP) is 3.69. The van der Waals surface area contributed by atoms with Gasteiger partial charge in [-0.3, -0.25) is 0 Å². The molecule has 0 N–H and O–H groups in total. The molecular weight excluding hydrogens is 258 g/mol. The molecule has 1 aliphatic carbocycles. The average Bonchev–Trinajstić information content (AvgIpc) is 2.27. The van der Waals surface area contributed by atoms with Gasteiger partial charge in [-0.2, -0.15) is 0 Å². The van der Waals surface area contributed by atoms with Gasteiger partial charge >= 0.3 is 21.0 Å². The van der Waals surface area contributed by atoms with Gasteiger partial charge in [-0.05, 0) is 29.6 Å². The first-order valence-electron chi connectivity index (χ1n) is 3.93. The Morgan fingerprint density at radius 3 is 0.714 bits per heavy atom. The minimum atomic E-state index is 0. The molecule has 1 aliphatic rings. The maximum absolute atomic E-state index is 8.19. The van der Waals surface area contributed by atoms with Crippen molar-refractivity contribution in [1.29, 1.82) is 0 Å². The van der Waals surface area contributed by atoms with Crippen LogP contribution in [0, 0.1) is 29.6 Å². The zero-order valence-electron chi connectivity index (χ0n) is 9.17. The van der Waals surface area contributed by atoms with E-state index in [4.69, 9.17) is 3.67 Å². The van der Waals surface area contributed by atoms with Crippen LogP contribution in [0.1, 0.15) is 34.6 Å². The Morgan fingerprint density at radius 2 is 0.643 bits per heavy atom. The molecule has 82 valence electrons. The molecule has 0 aliphatic heterocycles. The van der Waals surface area contributed by atoms with Gasteiger partial charge in [-0.15, -0.1) is 24.8 Å². The number of hydrogen-bond donors (Lipinski definition) is 0. The van der Waals surface area contributed by atoms with Crippen LogP contribution in [-0.2, 0) is 21.0 Å². The summed E-state index contributed by atoms with van der Waals surface area (Å²) in [6.45, 7) is 11.0. The first-order valence-corrected chi connectivity index (χ1v) is 4.50. The monoisotopic (exact) mass is 274 g/mol. The summed E-state index contributed by atoms with van der Waals surface area (Å²) >= 11 is 1.06.